The molecule has 0 unspecified atom stereocenters. The van der Waals surface area contributed by atoms with Gasteiger partial charge in [-0.1, -0.05) is 59.6 Å². The predicted octanol–water partition coefficient (Wildman–Crippen LogP) is 5.55. The van der Waals surface area contributed by atoms with E-state index in [4.69, 9.17) is 23.2 Å². The highest BCUT2D eigenvalue weighted by atomic mass is 35.5. The summed E-state index contributed by atoms with van der Waals surface area (Å²) in [5.41, 5.74) is 6.73. The molecule has 1 amide bonds. The standard InChI is InChI=1S/C25H18Cl2N6O/c1-32(22-8-4-5-13-28-22)31-25(34)20-15-30-33-23(16-9-11-17(26)12-10-16)19(14-29-24(20)33)18-6-2-3-7-21(18)27/h2-15H,1H3,(H,31,34). The summed E-state index contributed by atoms with van der Waals surface area (Å²) in [5, 5.41) is 7.26. The molecule has 0 aliphatic rings. The maximum Gasteiger partial charge on any atom is 0.275 e. The summed E-state index contributed by atoms with van der Waals surface area (Å²) in [6, 6.07) is 20.4. The Morgan fingerprint density at radius 1 is 0.912 bits per heavy atom. The molecule has 34 heavy (non-hydrogen) atoms. The van der Waals surface area contributed by atoms with Crippen molar-refractivity contribution in [2.75, 3.05) is 12.1 Å². The van der Waals surface area contributed by atoms with Crippen LogP contribution in [0, 0.1) is 0 Å². The van der Waals surface area contributed by atoms with Gasteiger partial charge in [-0.3, -0.25) is 15.2 Å². The van der Waals surface area contributed by atoms with Crippen molar-refractivity contribution < 1.29 is 4.79 Å². The number of hydrazine groups is 1. The van der Waals surface area contributed by atoms with E-state index in [0.717, 1.165) is 22.4 Å². The van der Waals surface area contributed by atoms with Gasteiger partial charge in [-0.05, 0) is 30.3 Å². The third-order valence-electron chi connectivity index (χ3n) is 5.32. The van der Waals surface area contributed by atoms with Crippen molar-refractivity contribution in [3.05, 3.63) is 101 Å². The molecule has 1 N–H and O–H groups in total. The van der Waals surface area contributed by atoms with Gasteiger partial charge in [0.2, 0.25) is 0 Å². The lowest BCUT2D eigenvalue weighted by molar-refractivity contribution is 0.0952. The number of benzene rings is 2. The first-order chi connectivity index (χ1) is 16.5. The van der Waals surface area contributed by atoms with E-state index < -0.39 is 0 Å². The quantitative estimate of drug-likeness (QED) is 0.328. The number of pyridine rings is 1. The number of carbonyl (C=O) groups excluding carboxylic acids is 1. The van der Waals surface area contributed by atoms with Gasteiger partial charge in [-0.2, -0.15) is 5.10 Å². The van der Waals surface area contributed by atoms with Gasteiger partial charge in [-0.15, -0.1) is 0 Å². The third-order valence-corrected chi connectivity index (χ3v) is 5.90. The molecule has 0 saturated carbocycles. The highest BCUT2D eigenvalue weighted by Crippen LogP contribution is 2.36. The van der Waals surface area contributed by atoms with E-state index in [2.05, 4.69) is 20.5 Å². The number of nitrogens with zero attached hydrogens (tertiary/aromatic N) is 5. The van der Waals surface area contributed by atoms with Gasteiger partial charge >= 0.3 is 0 Å². The van der Waals surface area contributed by atoms with Crippen LogP contribution in [0.3, 0.4) is 0 Å². The van der Waals surface area contributed by atoms with Gasteiger partial charge in [0.1, 0.15) is 11.4 Å². The molecule has 0 spiro atoms. The number of anilines is 1. The maximum absolute atomic E-state index is 13.1. The molecule has 3 aromatic heterocycles. The summed E-state index contributed by atoms with van der Waals surface area (Å²) in [6.07, 6.45) is 4.87. The van der Waals surface area contributed by atoms with E-state index in [1.807, 2.05) is 48.5 Å². The Balaban J connectivity index is 1.63. The van der Waals surface area contributed by atoms with Gasteiger partial charge in [0.05, 0.1) is 11.9 Å². The molecule has 0 atom stereocenters. The molecule has 0 aliphatic carbocycles. The number of fused-ring (bicyclic) bond motifs is 1. The Hall–Kier alpha value is -3.94. The van der Waals surface area contributed by atoms with E-state index in [0.29, 0.717) is 27.1 Å². The third kappa shape index (κ3) is 4.07. The molecule has 5 rings (SSSR count). The zero-order valence-corrected chi connectivity index (χ0v) is 19.5. The molecule has 7 nitrogen and oxygen atoms in total. The second-order valence-electron chi connectivity index (χ2n) is 7.49. The second kappa shape index (κ2) is 9.13. The molecular weight excluding hydrogens is 471 g/mol. The van der Waals surface area contributed by atoms with Gasteiger partial charge in [0, 0.05) is 46.2 Å². The summed E-state index contributed by atoms with van der Waals surface area (Å²) >= 11 is 12.6. The fourth-order valence-corrected chi connectivity index (χ4v) is 4.04. The average Bonchev–Trinajstić information content (AvgIpc) is 3.29. The van der Waals surface area contributed by atoms with Gasteiger partial charge in [0.15, 0.2) is 5.65 Å². The van der Waals surface area contributed by atoms with Crippen molar-refractivity contribution in [3.63, 3.8) is 0 Å². The normalized spacial score (nSPS) is 10.9. The van der Waals surface area contributed by atoms with E-state index in [1.165, 1.54) is 6.20 Å². The van der Waals surface area contributed by atoms with Crippen molar-refractivity contribution in [3.8, 4) is 22.4 Å². The minimum Gasteiger partial charge on any atom is -0.271 e. The van der Waals surface area contributed by atoms with Crippen LogP contribution in [0.25, 0.3) is 28.0 Å². The van der Waals surface area contributed by atoms with E-state index >= 15 is 0 Å². The van der Waals surface area contributed by atoms with Crippen LogP contribution in [0.4, 0.5) is 5.82 Å². The predicted molar refractivity (Wildman–Crippen MR) is 134 cm³/mol. The Bertz CT molecular complexity index is 1490. The molecule has 0 radical (unpaired) electrons. The van der Waals surface area contributed by atoms with Crippen LogP contribution < -0.4 is 10.4 Å². The first-order valence-electron chi connectivity index (χ1n) is 10.4. The zero-order chi connectivity index (χ0) is 23.7. The van der Waals surface area contributed by atoms with Crippen LogP contribution >= 0.6 is 23.2 Å². The van der Waals surface area contributed by atoms with Crippen molar-refractivity contribution in [2.45, 2.75) is 0 Å². The molecule has 9 heteroatoms. The minimum absolute atomic E-state index is 0.323. The Morgan fingerprint density at radius 2 is 1.68 bits per heavy atom. The van der Waals surface area contributed by atoms with Crippen LogP contribution in [0.2, 0.25) is 10.0 Å². The number of halogens is 2. The summed E-state index contributed by atoms with van der Waals surface area (Å²) < 4.78 is 1.65. The lowest BCUT2D eigenvalue weighted by Crippen LogP contribution is -2.39. The molecular formula is C25H18Cl2N6O. The number of hydrogen-bond acceptors (Lipinski definition) is 5. The van der Waals surface area contributed by atoms with Crippen molar-refractivity contribution in [2.24, 2.45) is 0 Å². The van der Waals surface area contributed by atoms with Gasteiger partial charge in [-0.25, -0.2) is 14.5 Å². The number of hydrogen-bond donors (Lipinski definition) is 1. The zero-order valence-electron chi connectivity index (χ0n) is 18.0. The summed E-state index contributed by atoms with van der Waals surface area (Å²) in [5.74, 6) is 0.242. The van der Waals surface area contributed by atoms with Crippen LogP contribution in [-0.2, 0) is 0 Å². The van der Waals surface area contributed by atoms with Crippen LogP contribution in [0.15, 0.2) is 85.3 Å². The molecule has 3 heterocycles. The molecule has 0 fully saturated rings. The van der Waals surface area contributed by atoms with Gasteiger partial charge in [0.25, 0.3) is 5.91 Å². The van der Waals surface area contributed by atoms with E-state index in [-0.39, 0.29) is 5.91 Å². The Labute approximate surface area is 205 Å². The van der Waals surface area contributed by atoms with Crippen molar-refractivity contribution in [1.82, 2.24) is 25.0 Å². The number of nitrogens with one attached hydrogen (secondary N) is 1. The van der Waals surface area contributed by atoms with Crippen LogP contribution in [0.5, 0.6) is 0 Å². The molecule has 0 aliphatic heterocycles. The monoisotopic (exact) mass is 488 g/mol. The number of aromatic nitrogens is 4. The Morgan fingerprint density at radius 3 is 2.41 bits per heavy atom. The van der Waals surface area contributed by atoms with E-state index in [1.54, 1.807) is 47.2 Å². The number of amides is 1. The first kappa shape index (κ1) is 21.9. The summed E-state index contributed by atoms with van der Waals surface area (Å²) in [7, 11) is 1.72. The second-order valence-corrected chi connectivity index (χ2v) is 8.33. The van der Waals surface area contributed by atoms with Crippen molar-refractivity contribution in [1.29, 1.82) is 0 Å². The fourth-order valence-electron chi connectivity index (χ4n) is 3.68. The topological polar surface area (TPSA) is 75.4 Å². The van der Waals surface area contributed by atoms with Crippen LogP contribution in [0.1, 0.15) is 10.4 Å². The highest BCUT2D eigenvalue weighted by molar-refractivity contribution is 6.33. The van der Waals surface area contributed by atoms with Crippen molar-refractivity contribution >= 4 is 40.6 Å². The minimum atomic E-state index is -0.358. The van der Waals surface area contributed by atoms with Crippen LogP contribution in [-0.4, -0.2) is 32.5 Å². The SMILES string of the molecule is CN(NC(=O)c1cnn2c(-c3ccc(Cl)cc3)c(-c3ccccc3Cl)cnc12)c1ccccn1. The highest BCUT2D eigenvalue weighted by Gasteiger charge is 2.21. The molecule has 168 valence electrons. The first-order valence-corrected chi connectivity index (χ1v) is 11.1. The molecule has 5 aromatic rings. The molecule has 0 bridgehead atoms. The lowest BCUT2D eigenvalue weighted by Gasteiger charge is -2.18. The smallest absolute Gasteiger partial charge is 0.271 e. The van der Waals surface area contributed by atoms with E-state index in [9.17, 15) is 4.79 Å². The summed E-state index contributed by atoms with van der Waals surface area (Å²) in [4.78, 5) is 21.9. The average molecular weight is 489 g/mol. The maximum atomic E-state index is 13.1. The molecule has 0 saturated heterocycles. The largest absolute Gasteiger partial charge is 0.275 e. The van der Waals surface area contributed by atoms with Gasteiger partial charge < -0.3 is 0 Å². The lowest BCUT2D eigenvalue weighted by atomic mass is 10.0. The molecule has 2 aromatic carbocycles. The number of carbonyl (C=O) groups is 1. The Kier molecular flexibility index (Phi) is 5.88. The number of rotatable bonds is 5. The fraction of sp³-hybridized carbons (Fsp3) is 0.0400. The summed E-state index contributed by atoms with van der Waals surface area (Å²) in [6.45, 7) is 0.